The second kappa shape index (κ2) is 10.2. The van der Waals surface area contributed by atoms with Crippen molar-refractivity contribution < 1.29 is 32.4 Å². The Labute approximate surface area is 191 Å². The Balaban J connectivity index is 2.19. The topological polar surface area (TPSA) is 124 Å². The molecule has 0 saturated carbocycles. The first-order valence-electron chi connectivity index (χ1n) is 10.3. The third-order valence-corrected chi connectivity index (χ3v) is 7.21. The van der Waals surface area contributed by atoms with Crippen LogP contribution >= 0.6 is 0 Å². The van der Waals surface area contributed by atoms with Crippen LogP contribution in [-0.4, -0.2) is 44.1 Å². The predicted molar refractivity (Wildman–Crippen MR) is 121 cm³/mol. The minimum atomic E-state index is -4.60. The van der Waals surface area contributed by atoms with Gasteiger partial charge < -0.3 is 15.9 Å². The number of alkyl halides is 3. The Kier molecular flexibility index (Phi) is 8.32. The second-order valence-electron chi connectivity index (χ2n) is 8.60. The van der Waals surface area contributed by atoms with Gasteiger partial charge in [-0.3, -0.25) is 9.57 Å². The highest BCUT2D eigenvalue weighted by atomic mass is 32.2. The van der Waals surface area contributed by atoms with E-state index >= 15 is 0 Å². The van der Waals surface area contributed by atoms with Gasteiger partial charge in [-0.05, 0) is 55.0 Å². The third-order valence-electron chi connectivity index (χ3n) is 5.42. The van der Waals surface area contributed by atoms with Gasteiger partial charge in [-0.25, -0.2) is 4.21 Å². The normalized spacial score (nSPS) is 16.1. The van der Waals surface area contributed by atoms with Gasteiger partial charge in [0.05, 0.1) is 11.5 Å². The molecule has 0 aliphatic carbocycles. The van der Waals surface area contributed by atoms with Crippen molar-refractivity contribution in [3.8, 4) is 11.1 Å². The maximum Gasteiger partial charge on any atom is 0.395 e. The van der Waals surface area contributed by atoms with E-state index in [1.807, 2.05) is 0 Å². The molecular weight excluding hydrogens is 457 g/mol. The lowest BCUT2D eigenvalue weighted by molar-refractivity contribution is -0.150. The van der Waals surface area contributed by atoms with Crippen LogP contribution < -0.4 is 5.73 Å². The molecule has 0 radical (unpaired) electrons. The molecule has 0 aliphatic rings. The summed E-state index contributed by atoms with van der Waals surface area (Å²) in [5.74, 6) is -4.11. The summed E-state index contributed by atoms with van der Waals surface area (Å²) < 4.78 is 61.4. The number of aliphatic carboxylic acids is 1. The third kappa shape index (κ3) is 7.83. The standard InChI is InChI=1S/C23H29F3N2O4S/c1-22(2,31)18-5-3-4-17(14-18)15-6-8-16(9-7-15)19(23(24,25)26)10-12-33(28,32)13-11-20(27)21(29)30/h3-9,14,19-20,28,31H,10-13,27H2,1-2H3,(H,29,30)/t19?,20-,33?/m0/s1. The van der Waals surface area contributed by atoms with E-state index in [0.29, 0.717) is 11.1 Å². The van der Waals surface area contributed by atoms with Gasteiger partial charge in [-0.15, -0.1) is 0 Å². The number of nitrogens with one attached hydrogen (secondary N) is 1. The number of carboxylic acids is 1. The molecule has 0 amide bonds. The molecule has 6 nitrogen and oxygen atoms in total. The summed E-state index contributed by atoms with van der Waals surface area (Å²) in [5, 5.41) is 19.0. The average Bonchev–Trinajstić information content (AvgIpc) is 2.71. The number of nitrogens with two attached hydrogens (primary N) is 1. The maximum absolute atomic E-state index is 13.7. The molecule has 0 saturated heterocycles. The lowest BCUT2D eigenvalue weighted by Gasteiger charge is -2.22. The number of aliphatic hydroxyl groups is 1. The van der Waals surface area contributed by atoms with E-state index in [2.05, 4.69) is 0 Å². The summed E-state index contributed by atoms with van der Waals surface area (Å²) in [6.45, 7) is 3.28. The zero-order valence-corrected chi connectivity index (χ0v) is 19.2. The van der Waals surface area contributed by atoms with E-state index in [0.717, 1.165) is 5.56 Å². The minimum absolute atomic E-state index is 0.0117. The molecule has 0 aromatic heterocycles. The van der Waals surface area contributed by atoms with Gasteiger partial charge >= 0.3 is 12.1 Å². The monoisotopic (exact) mass is 486 g/mol. The summed E-state index contributed by atoms with van der Waals surface area (Å²) >= 11 is 0. The Hall–Kier alpha value is -2.43. The van der Waals surface area contributed by atoms with E-state index in [9.17, 15) is 27.3 Å². The van der Waals surface area contributed by atoms with Crippen LogP contribution in [-0.2, 0) is 20.1 Å². The van der Waals surface area contributed by atoms with Crippen LogP contribution in [0, 0.1) is 4.78 Å². The molecule has 2 aromatic carbocycles. The highest BCUT2D eigenvalue weighted by molar-refractivity contribution is 7.92. The SMILES string of the molecule is CC(C)(O)c1cccc(-c2ccc(C(CCS(=N)(=O)CC[C@H](N)C(=O)O)C(F)(F)F)cc2)c1. The molecule has 0 spiro atoms. The molecule has 0 fully saturated rings. The van der Waals surface area contributed by atoms with Crippen LogP contribution in [0.3, 0.4) is 0 Å². The van der Waals surface area contributed by atoms with Crippen LogP contribution in [0.25, 0.3) is 11.1 Å². The zero-order chi connectivity index (χ0) is 25.0. The molecule has 33 heavy (non-hydrogen) atoms. The summed E-state index contributed by atoms with van der Waals surface area (Å²) in [6, 6.07) is 11.6. The first kappa shape index (κ1) is 26.8. The molecule has 182 valence electrons. The molecule has 2 rings (SSSR count). The molecule has 3 atom stereocenters. The van der Waals surface area contributed by atoms with Gasteiger partial charge in [-0.1, -0.05) is 42.5 Å². The zero-order valence-electron chi connectivity index (χ0n) is 18.4. The van der Waals surface area contributed by atoms with Crippen LogP contribution in [0.4, 0.5) is 13.2 Å². The van der Waals surface area contributed by atoms with Gasteiger partial charge in [0.15, 0.2) is 0 Å². The van der Waals surface area contributed by atoms with Crippen molar-refractivity contribution in [3.63, 3.8) is 0 Å². The van der Waals surface area contributed by atoms with Gasteiger partial charge in [-0.2, -0.15) is 13.2 Å². The Morgan fingerprint density at radius 1 is 1.06 bits per heavy atom. The summed E-state index contributed by atoms with van der Waals surface area (Å²) in [4.78, 5) is 10.8. The van der Waals surface area contributed by atoms with E-state index < -0.39 is 51.6 Å². The minimum Gasteiger partial charge on any atom is -0.480 e. The van der Waals surface area contributed by atoms with Gasteiger partial charge in [0, 0.05) is 21.2 Å². The van der Waals surface area contributed by atoms with Crippen LogP contribution in [0.15, 0.2) is 48.5 Å². The lowest BCUT2D eigenvalue weighted by Crippen LogP contribution is -2.32. The summed E-state index contributed by atoms with van der Waals surface area (Å²) in [7, 11) is -3.41. The second-order valence-corrected chi connectivity index (χ2v) is 11.0. The van der Waals surface area contributed by atoms with Gasteiger partial charge in [0.1, 0.15) is 6.04 Å². The quantitative estimate of drug-likeness (QED) is 0.395. The van der Waals surface area contributed by atoms with Gasteiger partial charge in [0.2, 0.25) is 0 Å². The molecular formula is C23H29F3N2O4S. The molecule has 0 heterocycles. The van der Waals surface area contributed by atoms with Crippen molar-refractivity contribution in [1.29, 1.82) is 4.78 Å². The Morgan fingerprint density at radius 3 is 2.15 bits per heavy atom. The predicted octanol–water partition coefficient (Wildman–Crippen LogP) is 4.47. The highest BCUT2D eigenvalue weighted by Gasteiger charge is 2.40. The number of rotatable bonds is 10. The number of benzene rings is 2. The molecule has 10 heteroatoms. The fourth-order valence-corrected chi connectivity index (χ4v) is 4.81. The van der Waals surface area contributed by atoms with Gasteiger partial charge in [0.25, 0.3) is 0 Å². The molecule has 2 aromatic rings. The first-order valence-corrected chi connectivity index (χ1v) is 12.2. The lowest BCUT2D eigenvalue weighted by atomic mass is 9.91. The number of hydrogen-bond donors (Lipinski definition) is 4. The highest BCUT2D eigenvalue weighted by Crippen LogP contribution is 2.38. The van der Waals surface area contributed by atoms with Crippen LogP contribution in [0.1, 0.15) is 43.7 Å². The van der Waals surface area contributed by atoms with E-state index in [4.69, 9.17) is 15.6 Å². The number of carbonyl (C=O) groups is 1. The first-order chi connectivity index (χ1) is 15.1. The largest absolute Gasteiger partial charge is 0.480 e. The number of halogens is 3. The van der Waals surface area contributed by atoms with E-state index in [-0.39, 0.29) is 17.7 Å². The molecule has 0 bridgehead atoms. The number of carboxylic acid groups (broad SMARTS) is 1. The van der Waals surface area contributed by atoms with Crippen LogP contribution in [0.5, 0.6) is 0 Å². The fourth-order valence-electron chi connectivity index (χ4n) is 3.36. The average molecular weight is 487 g/mol. The van der Waals surface area contributed by atoms with Crippen molar-refractivity contribution >= 4 is 15.7 Å². The molecule has 5 N–H and O–H groups in total. The Morgan fingerprint density at radius 2 is 1.64 bits per heavy atom. The molecule has 0 aliphatic heterocycles. The maximum atomic E-state index is 13.7. The van der Waals surface area contributed by atoms with Crippen molar-refractivity contribution in [2.45, 2.75) is 50.4 Å². The summed E-state index contributed by atoms with van der Waals surface area (Å²) in [5.41, 5.74) is 6.35. The fraction of sp³-hybridized carbons (Fsp3) is 0.435. The van der Waals surface area contributed by atoms with Crippen molar-refractivity contribution in [2.75, 3.05) is 11.5 Å². The van der Waals surface area contributed by atoms with E-state index in [1.54, 1.807) is 50.2 Å². The number of hydrogen-bond acceptors (Lipinski definition) is 5. The van der Waals surface area contributed by atoms with E-state index in [1.165, 1.54) is 12.1 Å². The summed E-state index contributed by atoms with van der Waals surface area (Å²) in [6.07, 6.45) is -5.40. The smallest absolute Gasteiger partial charge is 0.395 e. The Bertz CT molecular complexity index is 1060. The van der Waals surface area contributed by atoms with Crippen molar-refractivity contribution in [1.82, 2.24) is 0 Å². The van der Waals surface area contributed by atoms with Crippen molar-refractivity contribution in [2.24, 2.45) is 5.73 Å². The van der Waals surface area contributed by atoms with Crippen LogP contribution in [0.2, 0.25) is 0 Å². The van der Waals surface area contributed by atoms with Crippen molar-refractivity contribution in [3.05, 3.63) is 59.7 Å². The molecule has 2 unspecified atom stereocenters.